The maximum absolute atomic E-state index is 9.31. The van der Waals surface area contributed by atoms with Gasteiger partial charge in [-0.05, 0) is 6.42 Å². The summed E-state index contributed by atoms with van der Waals surface area (Å²) in [5.41, 5.74) is 0. The number of aliphatic hydroxyl groups excluding tert-OH is 2. The van der Waals surface area contributed by atoms with Crippen LogP contribution in [0.15, 0.2) is 0 Å². The molecule has 1 saturated heterocycles. The molecule has 11 heavy (non-hydrogen) atoms. The van der Waals surface area contributed by atoms with Crippen molar-refractivity contribution >= 4 is 0 Å². The van der Waals surface area contributed by atoms with Crippen molar-refractivity contribution in [2.45, 2.75) is 24.7 Å². The molecule has 0 saturated carbocycles. The maximum atomic E-state index is 9.31. The van der Waals surface area contributed by atoms with Gasteiger partial charge in [0.1, 0.15) is 12.2 Å². The number of hydrogen-bond donors (Lipinski definition) is 2. The zero-order valence-electron chi connectivity index (χ0n) is 6.56. The zero-order chi connectivity index (χ0) is 8.27. The normalized spacial score (nSPS) is 39.0. The van der Waals surface area contributed by atoms with E-state index in [2.05, 4.69) is 0 Å². The van der Waals surface area contributed by atoms with Gasteiger partial charge in [-0.3, -0.25) is 0 Å². The highest BCUT2D eigenvalue weighted by Crippen LogP contribution is 2.14. The minimum Gasteiger partial charge on any atom is -0.390 e. The molecule has 0 spiro atoms. The van der Waals surface area contributed by atoms with Crippen molar-refractivity contribution in [3.63, 3.8) is 0 Å². The summed E-state index contributed by atoms with van der Waals surface area (Å²) in [4.78, 5) is 0. The molecule has 0 unspecified atom stereocenters. The van der Waals surface area contributed by atoms with Crippen LogP contribution < -0.4 is 0 Å². The van der Waals surface area contributed by atoms with Gasteiger partial charge in [0.05, 0.1) is 12.7 Å². The molecule has 1 aliphatic heterocycles. The number of aliphatic hydroxyl groups is 2. The van der Waals surface area contributed by atoms with Gasteiger partial charge in [0.2, 0.25) is 0 Å². The van der Waals surface area contributed by atoms with Gasteiger partial charge >= 0.3 is 0 Å². The van der Waals surface area contributed by atoms with Crippen molar-refractivity contribution in [1.82, 2.24) is 0 Å². The van der Waals surface area contributed by atoms with E-state index in [1.165, 1.54) is 7.11 Å². The second-order valence-corrected chi connectivity index (χ2v) is 2.71. The van der Waals surface area contributed by atoms with Crippen LogP contribution in [0.5, 0.6) is 0 Å². The average Bonchev–Trinajstić information content (AvgIpc) is 1.99. The maximum Gasteiger partial charge on any atom is 0.109 e. The Kier molecular flexibility index (Phi) is 3.26. The fourth-order valence-electron chi connectivity index (χ4n) is 1.17. The Balaban J connectivity index is 2.38. The topological polar surface area (TPSA) is 58.9 Å². The van der Waals surface area contributed by atoms with Crippen molar-refractivity contribution in [3.05, 3.63) is 0 Å². The van der Waals surface area contributed by atoms with Crippen LogP contribution in [0.3, 0.4) is 0 Å². The van der Waals surface area contributed by atoms with E-state index in [4.69, 9.17) is 9.47 Å². The van der Waals surface area contributed by atoms with E-state index in [1.807, 2.05) is 0 Å². The third kappa shape index (κ3) is 2.13. The summed E-state index contributed by atoms with van der Waals surface area (Å²) in [5.74, 6) is 0. The molecule has 66 valence electrons. The molecule has 0 aliphatic carbocycles. The highest BCUT2D eigenvalue weighted by Gasteiger charge is 2.30. The van der Waals surface area contributed by atoms with Crippen LogP contribution in [-0.2, 0) is 9.47 Å². The second kappa shape index (κ2) is 4.01. The van der Waals surface area contributed by atoms with Crippen molar-refractivity contribution < 1.29 is 19.7 Å². The highest BCUT2D eigenvalue weighted by atomic mass is 16.5. The first-order valence-corrected chi connectivity index (χ1v) is 3.72. The van der Waals surface area contributed by atoms with E-state index in [9.17, 15) is 10.2 Å². The Morgan fingerprint density at radius 3 is 2.91 bits per heavy atom. The molecule has 0 aromatic carbocycles. The molecule has 0 aromatic rings. The van der Waals surface area contributed by atoms with E-state index in [0.717, 1.165) is 0 Å². The lowest BCUT2D eigenvalue weighted by Crippen LogP contribution is -2.46. The Hall–Kier alpha value is -0.160. The zero-order valence-corrected chi connectivity index (χ0v) is 6.56. The molecular weight excluding hydrogens is 148 g/mol. The molecule has 1 aliphatic rings. The number of rotatable bonds is 2. The molecule has 4 heteroatoms. The van der Waals surface area contributed by atoms with E-state index in [-0.39, 0.29) is 6.10 Å². The SMILES string of the molecule is COC[C@H]1OCC[C@@H](O)[C@H]1O. The average molecular weight is 162 g/mol. The van der Waals surface area contributed by atoms with Crippen LogP contribution in [0.4, 0.5) is 0 Å². The molecule has 0 bridgehead atoms. The van der Waals surface area contributed by atoms with E-state index in [1.54, 1.807) is 0 Å². The Bertz CT molecular complexity index is 115. The summed E-state index contributed by atoms with van der Waals surface area (Å²) < 4.78 is 9.97. The lowest BCUT2D eigenvalue weighted by molar-refractivity contribution is -0.151. The van der Waals surface area contributed by atoms with Crippen molar-refractivity contribution in [1.29, 1.82) is 0 Å². The molecule has 0 radical (unpaired) electrons. The molecule has 0 amide bonds. The van der Waals surface area contributed by atoms with Gasteiger partial charge in [-0.15, -0.1) is 0 Å². The van der Waals surface area contributed by atoms with Crippen molar-refractivity contribution in [2.75, 3.05) is 20.3 Å². The number of methoxy groups -OCH3 is 1. The monoisotopic (exact) mass is 162 g/mol. The molecule has 0 aromatic heterocycles. The van der Waals surface area contributed by atoms with Crippen molar-refractivity contribution in [2.24, 2.45) is 0 Å². The summed E-state index contributed by atoms with van der Waals surface area (Å²) in [6, 6.07) is 0. The molecule has 1 heterocycles. The molecule has 1 rings (SSSR count). The second-order valence-electron chi connectivity index (χ2n) is 2.71. The van der Waals surface area contributed by atoms with Gasteiger partial charge in [0.25, 0.3) is 0 Å². The largest absolute Gasteiger partial charge is 0.390 e. The summed E-state index contributed by atoms with van der Waals surface area (Å²) >= 11 is 0. The Labute approximate surface area is 65.7 Å². The van der Waals surface area contributed by atoms with Gasteiger partial charge in [-0.1, -0.05) is 0 Å². The van der Waals surface area contributed by atoms with E-state index >= 15 is 0 Å². The number of ether oxygens (including phenoxy) is 2. The van der Waals surface area contributed by atoms with Gasteiger partial charge in [-0.2, -0.15) is 0 Å². The lowest BCUT2D eigenvalue weighted by atomic mass is 10.0. The number of hydrogen-bond acceptors (Lipinski definition) is 4. The molecule has 3 atom stereocenters. The first-order valence-electron chi connectivity index (χ1n) is 3.72. The van der Waals surface area contributed by atoms with Crippen molar-refractivity contribution in [3.8, 4) is 0 Å². The standard InChI is InChI=1S/C7H14O4/c1-10-4-6-7(9)5(8)2-3-11-6/h5-9H,2-4H2,1H3/t5-,6-,7-/m1/s1. The summed E-state index contributed by atoms with van der Waals surface area (Å²) in [5, 5.41) is 18.5. The van der Waals surface area contributed by atoms with Crippen LogP contribution in [0.25, 0.3) is 0 Å². The lowest BCUT2D eigenvalue weighted by Gasteiger charge is -2.31. The van der Waals surface area contributed by atoms with Crippen LogP contribution in [-0.4, -0.2) is 48.8 Å². The predicted octanol–water partition coefficient (Wildman–Crippen LogP) is -0.857. The first kappa shape index (κ1) is 8.93. The third-order valence-corrected chi connectivity index (χ3v) is 1.85. The quantitative estimate of drug-likeness (QED) is 0.555. The predicted molar refractivity (Wildman–Crippen MR) is 38.2 cm³/mol. The Morgan fingerprint density at radius 1 is 1.55 bits per heavy atom. The molecule has 1 fully saturated rings. The Morgan fingerprint density at radius 2 is 2.27 bits per heavy atom. The third-order valence-electron chi connectivity index (χ3n) is 1.85. The van der Waals surface area contributed by atoms with Gasteiger partial charge in [0, 0.05) is 13.7 Å². The highest BCUT2D eigenvalue weighted by molar-refractivity contribution is 4.80. The van der Waals surface area contributed by atoms with E-state index in [0.29, 0.717) is 19.6 Å². The smallest absolute Gasteiger partial charge is 0.109 e. The molecule has 2 N–H and O–H groups in total. The minimum atomic E-state index is -0.802. The molecule has 4 nitrogen and oxygen atoms in total. The summed E-state index contributed by atoms with van der Waals surface area (Å²) in [6.07, 6.45) is -1.34. The van der Waals surface area contributed by atoms with Crippen LogP contribution in [0.1, 0.15) is 6.42 Å². The first-order chi connectivity index (χ1) is 5.25. The van der Waals surface area contributed by atoms with Gasteiger partial charge in [-0.25, -0.2) is 0 Å². The molecular formula is C7H14O4. The fraction of sp³-hybridized carbons (Fsp3) is 1.00. The van der Waals surface area contributed by atoms with Crippen LogP contribution in [0, 0.1) is 0 Å². The summed E-state index contributed by atoms with van der Waals surface area (Å²) in [6.45, 7) is 0.824. The van der Waals surface area contributed by atoms with Gasteiger partial charge in [0.15, 0.2) is 0 Å². The summed E-state index contributed by atoms with van der Waals surface area (Å²) in [7, 11) is 1.54. The van der Waals surface area contributed by atoms with Crippen LogP contribution >= 0.6 is 0 Å². The fourth-order valence-corrected chi connectivity index (χ4v) is 1.17. The van der Waals surface area contributed by atoms with E-state index < -0.39 is 12.2 Å². The minimum absolute atomic E-state index is 0.332. The van der Waals surface area contributed by atoms with Gasteiger partial charge < -0.3 is 19.7 Å². The van der Waals surface area contributed by atoms with Crippen LogP contribution in [0.2, 0.25) is 0 Å².